The third-order valence-electron chi connectivity index (χ3n) is 6.55. The maximum atomic E-state index is 2.41. The first-order valence-corrected chi connectivity index (χ1v) is 11.9. The van der Waals surface area contributed by atoms with Gasteiger partial charge in [-0.2, -0.15) is 0 Å². The van der Waals surface area contributed by atoms with Gasteiger partial charge in [-0.1, -0.05) is 94.4 Å². The van der Waals surface area contributed by atoms with Crippen LogP contribution >= 0.6 is 0 Å². The van der Waals surface area contributed by atoms with Crippen molar-refractivity contribution in [1.82, 2.24) is 4.57 Å². The van der Waals surface area contributed by atoms with Gasteiger partial charge in [-0.05, 0) is 80.8 Å². The monoisotopic (exact) mass is 429 g/mol. The number of aromatic nitrogens is 1. The van der Waals surface area contributed by atoms with E-state index < -0.39 is 0 Å². The van der Waals surface area contributed by atoms with Crippen LogP contribution in [0.25, 0.3) is 38.8 Å². The van der Waals surface area contributed by atoms with Crippen LogP contribution < -0.4 is 0 Å². The maximum absolute atomic E-state index is 2.41. The van der Waals surface area contributed by atoms with Crippen LogP contribution in [0.4, 0.5) is 0 Å². The SMILES string of the molecule is CC(C)c1cc(-c2ccc3ccccc3c2)cc(C(C)C)c1-n1cccc1-c1ccccc1. The lowest BCUT2D eigenvalue weighted by atomic mass is 9.87. The molecule has 0 N–H and O–H groups in total. The summed E-state index contributed by atoms with van der Waals surface area (Å²) >= 11 is 0. The van der Waals surface area contributed by atoms with Crippen molar-refractivity contribution in [3.8, 4) is 28.1 Å². The fourth-order valence-corrected chi connectivity index (χ4v) is 4.79. The summed E-state index contributed by atoms with van der Waals surface area (Å²) in [6, 6.07) is 35.3. The van der Waals surface area contributed by atoms with Crippen LogP contribution in [0.2, 0.25) is 0 Å². The molecule has 0 aliphatic rings. The van der Waals surface area contributed by atoms with E-state index in [0.29, 0.717) is 11.8 Å². The molecule has 33 heavy (non-hydrogen) atoms. The number of hydrogen-bond acceptors (Lipinski definition) is 0. The van der Waals surface area contributed by atoms with Gasteiger partial charge in [0.15, 0.2) is 0 Å². The lowest BCUT2D eigenvalue weighted by molar-refractivity contribution is 0.808. The molecule has 0 amide bonds. The lowest BCUT2D eigenvalue weighted by Gasteiger charge is -2.24. The molecular formula is C32H31N. The summed E-state index contributed by atoms with van der Waals surface area (Å²) in [6.07, 6.45) is 2.21. The second-order valence-electron chi connectivity index (χ2n) is 9.50. The molecule has 5 aromatic rings. The number of hydrogen-bond donors (Lipinski definition) is 0. The van der Waals surface area contributed by atoms with Gasteiger partial charge in [0.25, 0.3) is 0 Å². The van der Waals surface area contributed by atoms with Gasteiger partial charge in [-0.3, -0.25) is 0 Å². The second kappa shape index (κ2) is 8.75. The molecule has 0 aliphatic carbocycles. The Hall–Kier alpha value is -3.58. The van der Waals surface area contributed by atoms with E-state index >= 15 is 0 Å². The lowest BCUT2D eigenvalue weighted by Crippen LogP contribution is -2.08. The van der Waals surface area contributed by atoms with E-state index in [4.69, 9.17) is 0 Å². The minimum absolute atomic E-state index is 0.406. The Morgan fingerprint density at radius 3 is 1.82 bits per heavy atom. The summed E-state index contributed by atoms with van der Waals surface area (Å²) in [5.74, 6) is 0.813. The third-order valence-corrected chi connectivity index (χ3v) is 6.55. The fraction of sp³-hybridized carbons (Fsp3) is 0.188. The van der Waals surface area contributed by atoms with Gasteiger partial charge in [-0.15, -0.1) is 0 Å². The quantitative estimate of drug-likeness (QED) is 0.262. The minimum atomic E-state index is 0.406. The molecule has 1 heterocycles. The van der Waals surface area contributed by atoms with E-state index in [-0.39, 0.29) is 0 Å². The minimum Gasteiger partial charge on any atom is -0.316 e. The van der Waals surface area contributed by atoms with Gasteiger partial charge < -0.3 is 4.57 Å². The largest absolute Gasteiger partial charge is 0.316 e. The van der Waals surface area contributed by atoms with Crippen LogP contribution in [0.3, 0.4) is 0 Å². The highest BCUT2D eigenvalue weighted by Crippen LogP contribution is 2.38. The van der Waals surface area contributed by atoms with Gasteiger partial charge in [0, 0.05) is 6.20 Å². The Labute approximate surface area is 197 Å². The van der Waals surface area contributed by atoms with E-state index in [1.54, 1.807) is 0 Å². The molecule has 1 aromatic heterocycles. The Morgan fingerprint density at radius 1 is 0.515 bits per heavy atom. The van der Waals surface area contributed by atoms with Crippen molar-refractivity contribution in [3.63, 3.8) is 0 Å². The Bertz CT molecular complexity index is 1370. The fourth-order valence-electron chi connectivity index (χ4n) is 4.79. The molecule has 0 radical (unpaired) electrons. The molecule has 5 rings (SSSR count). The summed E-state index contributed by atoms with van der Waals surface area (Å²) < 4.78 is 2.39. The molecular weight excluding hydrogens is 398 g/mol. The van der Waals surface area contributed by atoms with Crippen LogP contribution in [0.1, 0.15) is 50.7 Å². The summed E-state index contributed by atoms with van der Waals surface area (Å²) in [7, 11) is 0. The highest BCUT2D eigenvalue weighted by Gasteiger charge is 2.20. The molecule has 1 nitrogen and oxygen atoms in total. The average molecular weight is 430 g/mol. The normalized spacial score (nSPS) is 11.6. The predicted octanol–water partition coefficient (Wildman–Crippen LogP) is 9.21. The Kier molecular flexibility index (Phi) is 5.64. The number of benzene rings is 4. The first-order chi connectivity index (χ1) is 16.0. The van der Waals surface area contributed by atoms with Crippen LogP contribution in [0.5, 0.6) is 0 Å². The molecule has 0 fully saturated rings. The molecule has 0 atom stereocenters. The van der Waals surface area contributed by atoms with E-state index in [0.717, 1.165) is 0 Å². The molecule has 0 unspecified atom stereocenters. The molecule has 4 aromatic carbocycles. The summed E-state index contributed by atoms with van der Waals surface area (Å²) in [4.78, 5) is 0. The van der Waals surface area contributed by atoms with Crippen LogP contribution in [0.15, 0.2) is 103 Å². The van der Waals surface area contributed by atoms with E-state index in [9.17, 15) is 0 Å². The van der Waals surface area contributed by atoms with Crippen molar-refractivity contribution in [2.24, 2.45) is 0 Å². The summed E-state index contributed by atoms with van der Waals surface area (Å²) in [5.41, 5.74) is 9.15. The Morgan fingerprint density at radius 2 is 1.15 bits per heavy atom. The zero-order valence-corrected chi connectivity index (χ0v) is 19.9. The third kappa shape index (κ3) is 4.00. The Balaban J connectivity index is 1.74. The van der Waals surface area contributed by atoms with E-state index in [2.05, 4.69) is 136 Å². The number of nitrogens with zero attached hydrogens (tertiary/aromatic N) is 1. The summed E-state index contributed by atoms with van der Waals surface area (Å²) in [6.45, 7) is 9.22. The molecule has 0 saturated carbocycles. The number of rotatable bonds is 5. The van der Waals surface area contributed by atoms with Crippen LogP contribution in [0, 0.1) is 0 Å². The van der Waals surface area contributed by atoms with Crippen molar-refractivity contribution in [3.05, 3.63) is 114 Å². The highest BCUT2D eigenvalue weighted by atomic mass is 15.0. The van der Waals surface area contributed by atoms with Crippen molar-refractivity contribution < 1.29 is 0 Å². The average Bonchev–Trinajstić information content (AvgIpc) is 3.33. The first-order valence-electron chi connectivity index (χ1n) is 11.9. The smallest absolute Gasteiger partial charge is 0.0528 e. The summed E-state index contributed by atoms with van der Waals surface area (Å²) in [5, 5.41) is 2.57. The van der Waals surface area contributed by atoms with Crippen LogP contribution in [-0.4, -0.2) is 4.57 Å². The van der Waals surface area contributed by atoms with Gasteiger partial charge in [0.1, 0.15) is 0 Å². The van der Waals surface area contributed by atoms with Crippen molar-refractivity contribution in [2.75, 3.05) is 0 Å². The molecule has 0 spiro atoms. The van der Waals surface area contributed by atoms with Gasteiger partial charge in [-0.25, -0.2) is 0 Å². The van der Waals surface area contributed by atoms with Gasteiger partial charge in [0.05, 0.1) is 11.4 Å². The van der Waals surface area contributed by atoms with Gasteiger partial charge in [0.2, 0.25) is 0 Å². The zero-order chi connectivity index (χ0) is 22.9. The van der Waals surface area contributed by atoms with Crippen molar-refractivity contribution >= 4 is 10.8 Å². The topological polar surface area (TPSA) is 4.93 Å². The van der Waals surface area contributed by atoms with Crippen molar-refractivity contribution in [1.29, 1.82) is 0 Å². The molecule has 0 bridgehead atoms. The van der Waals surface area contributed by atoms with E-state index in [1.807, 2.05) is 0 Å². The van der Waals surface area contributed by atoms with E-state index in [1.165, 1.54) is 50.0 Å². The highest BCUT2D eigenvalue weighted by molar-refractivity contribution is 5.87. The first kappa shape index (κ1) is 21.3. The molecule has 0 saturated heterocycles. The van der Waals surface area contributed by atoms with Crippen LogP contribution in [-0.2, 0) is 0 Å². The second-order valence-corrected chi connectivity index (χ2v) is 9.50. The molecule has 1 heteroatoms. The maximum Gasteiger partial charge on any atom is 0.0528 e. The molecule has 164 valence electrons. The van der Waals surface area contributed by atoms with Crippen molar-refractivity contribution in [2.45, 2.75) is 39.5 Å². The predicted molar refractivity (Wildman–Crippen MR) is 142 cm³/mol. The standard InChI is InChI=1S/C32H31N/c1-22(2)29-20-28(27-17-16-24-11-8-9-14-26(24)19-27)21-30(23(3)4)32(29)33-18-10-15-31(33)25-12-6-5-7-13-25/h5-23H,1-4H3. The van der Waals surface area contributed by atoms with Gasteiger partial charge >= 0.3 is 0 Å². The number of fused-ring (bicyclic) bond motifs is 1. The molecule has 0 aliphatic heterocycles. The zero-order valence-electron chi connectivity index (χ0n) is 19.9.